The van der Waals surface area contributed by atoms with Gasteiger partial charge in [-0.05, 0) is 23.8 Å². The molecule has 6 nitrogen and oxygen atoms in total. The summed E-state index contributed by atoms with van der Waals surface area (Å²) < 4.78 is 0. The Hall–Kier alpha value is -2.98. The third-order valence-electron chi connectivity index (χ3n) is 3.96. The summed E-state index contributed by atoms with van der Waals surface area (Å²) in [6, 6.07) is 15.0. The third kappa shape index (κ3) is 2.92. The van der Waals surface area contributed by atoms with Gasteiger partial charge in [0.1, 0.15) is 6.07 Å². The first-order valence-corrected chi connectivity index (χ1v) is 8.57. The van der Waals surface area contributed by atoms with Crippen molar-refractivity contribution < 1.29 is 9.72 Å². The van der Waals surface area contributed by atoms with Crippen molar-refractivity contribution in [2.45, 2.75) is 0 Å². The molecule has 0 saturated carbocycles. The summed E-state index contributed by atoms with van der Waals surface area (Å²) in [5.41, 5.74) is 2.41. The highest BCUT2D eigenvalue weighted by Gasteiger charge is 2.34. The van der Waals surface area contributed by atoms with Gasteiger partial charge in [0.2, 0.25) is 0 Å². The van der Waals surface area contributed by atoms with Crippen LogP contribution in [0.15, 0.2) is 48.5 Å². The molecule has 1 aliphatic heterocycles. The number of nitriles is 1. The quantitative estimate of drug-likeness (QED) is 0.258. The van der Waals surface area contributed by atoms with E-state index in [1.54, 1.807) is 11.0 Å². The Morgan fingerprint density at radius 1 is 1.20 bits per heavy atom. The number of hydrogen-bond acceptors (Lipinski definition) is 4. The fourth-order valence-corrected chi connectivity index (χ4v) is 3.20. The minimum absolute atomic E-state index is 0.0647. The van der Waals surface area contributed by atoms with Gasteiger partial charge in [-0.1, -0.05) is 34.1 Å². The molecular weight excluding hydrogens is 386 g/mol. The van der Waals surface area contributed by atoms with Crippen LogP contribution in [0, 0.1) is 21.4 Å². The molecule has 0 N–H and O–H groups in total. The number of rotatable bonds is 4. The van der Waals surface area contributed by atoms with Crippen LogP contribution in [-0.4, -0.2) is 22.7 Å². The molecule has 25 heavy (non-hydrogen) atoms. The van der Waals surface area contributed by atoms with Crippen LogP contribution >= 0.6 is 15.9 Å². The topological polar surface area (TPSA) is 87.2 Å². The van der Waals surface area contributed by atoms with Crippen LogP contribution in [-0.2, 0) is 4.79 Å². The van der Waals surface area contributed by atoms with Gasteiger partial charge in [-0.3, -0.25) is 14.9 Å². The Morgan fingerprint density at radius 2 is 1.88 bits per heavy atom. The van der Waals surface area contributed by atoms with Crippen molar-refractivity contribution in [2.75, 3.05) is 16.8 Å². The van der Waals surface area contributed by atoms with E-state index in [1.165, 1.54) is 24.3 Å². The molecule has 0 atom stereocenters. The first-order valence-electron chi connectivity index (χ1n) is 7.45. The number of fused-ring (bicyclic) bond motifs is 1. The number of hydrogen-bond donors (Lipinski definition) is 0. The van der Waals surface area contributed by atoms with E-state index in [0.717, 1.165) is 5.69 Å². The predicted molar refractivity (Wildman–Crippen MR) is 98.1 cm³/mol. The van der Waals surface area contributed by atoms with E-state index in [-0.39, 0.29) is 17.2 Å². The van der Waals surface area contributed by atoms with Gasteiger partial charge >= 0.3 is 0 Å². The second-order valence-electron chi connectivity index (χ2n) is 5.33. The molecule has 0 spiro atoms. The van der Waals surface area contributed by atoms with Crippen molar-refractivity contribution in [1.29, 1.82) is 5.26 Å². The maximum absolute atomic E-state index is 12.9. The van der Waals surface area contributed by atoms with Crippen LogP contribution in [0.2, 0.25) is 0 Å². The number of nitrogens with zero attached hydrogens (tertiary/aromatic N) is 3. The summed E-state index contributed by atoms with van der Waals surface area (Å²) >= 11 is 3.34. The van der Waals surface area contributed by atoms with E-state index < -0.39 is 4.92 Å². The molecule has 1 amide bonds. The standard InChI is InChI=1S/C18H12BrN3O3/c19-9-10-21-16-4-2-1-3-14(16)17(18(21)23)15(11-20)12-5-7-13(8-6-12)22(24)25/h1-8H,9-10H2/b17-15-. The molecule has 0 saturated heterocycles. The lowest BCUT2D eigenvalue weighted by Gasteiger charge is -2.15. The van der Waals surface area contributed by atoms with Gasteiger partial charge in [-0.15, -0.1) is 0 Å². The van der Waals surface area contributed by atoms with Crippen molar-refractivity contribution in [3.8, 4) is 6.07 Å². The van der Waals surface area contributed by atoms with Gasteiger partial charge in [0.15, 0.2) is 0 Å². The number of non-ortho nitro benzene ring substituents is 1. The van der Waals surface area contributed by atoms with Crippen LogP contribution in [0.4, 0.5) is 11.4 Å². The fraction of sp³-hybridized carbons (Fsp3) is 0.111. The normalized spacial score (nSPS) is 14.9. The van der Waals surface area contributed by atoms with Crippen molar-refractivity contribution in [2.24, 2.45) is 0 Å². The van der Waals surface area contributed by atoms with E-state index >= 15 is 0 Å². The first kappa shape index (κ1) is 16.9. The molecule has 1 heterocycles. The zero-order valence-electron chi connectivity index (χ0n) is 13.0. The van der Waals surface area contributed by atoms with Gasteiger partial charge in [0.25, 0.3) is 11.6 Å². The largest absolute Gasteiger partial charge is 0.307 e. The predicted octanol–water partition coefficient (Wildman–Crippen LogP) is 3.77. The van der Waals surface area contributed by atoms with E-state index in [0.29, 0.717) is 28.6 Å². The van der Waals surface area contributed by atoms with Crippen LogP contribution in [0.3, 0.4) is 0 Å². The Kier molecular flexibility index (Phi) is 4.63. The van der Waals surface area contributed by atoms with E-state index in [4.69, 9.17) is 0 Å². The number of carbonyl (C=O) groups is 1. The Morgan fingerprint density at radius 3 is 2.48 bits per heavy atom. The van der Waals surface area contributed by atoms with Gasteiger partial charge in [0, 0.05) is 29.6 Å². The van der Waals surface area contributed by atoms with E-state index in [2.05, 4.69) is 22.0 Å². The Balaban J connectivity index is 2.18. The molecule has 0 unspecified atom stereocenters. The summed E-state index contributed by atoms with van der Waals surface area (Å²) in [5.74, 6) is -0.240. The van der Waals surface area contributed by atoms with Gasteiger partial charge < -0.3 is 4.90 Å². The maximum Gasteiger partial charge on any atom is 0.269 e. The number of nitro groups is 1. The number of amides is 1. The molecule has 1 aliphatic rings. The number of anilines is 1. The average molecular weight is 398 g/mol. The van der Waals surface area contributed by atoms with Crippen molar-refractivity contribution in [3.63, 3.8) is 0 Å². The lowest BCUT2D eigenvalue weighted by Crippen LogP contribution is -2.28. The van der Waals surface area contributed by atoms with Crippen molar-refractivity contribution in [3.05, 3.63) is 69.8 Å². The summed E-state index contributed by atoms with van der Waals surface area (Å²) in [5, 5.41) is 21.1. The number of nitro benzene ring substituents is 1. The molecule has 0 fully saturated rings. The minimum atomic E-state index is -0.503. The lowest BCUT2D eigenvalue weighted by molar-refractivity contribution is -0.384. The van der Waals surface area contributed by atoms with Crippen LogP contribution in [0.1, 0.15) is 11.1 Å². The smallest absolute Gasteiger partial charge is 0.269 e. The highest BCUT2D eigenvalue weighted by Crippen LogP contribution is 2.40. The average Bonchev–Trinajstić information content (AvgIpc) is 2.90. The van der Waals surface area contributed by atoms with Gasteiger partial charge in [0.05, 0.1) is 21.8 Å². The summed E-state index contributed by atoms with van der Waals surface area (Å²) in [6.07, 6.45) is 0. The van der Waals surface area contributed by atoms with E-state index in [9.17, 15) is 20.2 Å². The molecular formula is C18H12BrN3O3. The lowest BCUT2D eigenvalue weighted by atomic mass is 9.96. The highest BCUT2D eigenvalue weighted by atomic mass is 79.9. The number of halogens is 1. The summed E-state index contributed by atoms with van der Waals surface area (Å²) in [7, 11) is 0. The second kappa shape index (κ2) is 6.87. The third-order valence-corrected chi connectivity index (χ3v) is 4.31. The zero-order chi connectivity index (χ0) is 18.0. The van der Waals surface area contributed by atoms with Crippen molar-refractivity contribution >= 4 is 44.4 Å². The number of benzene rings is 2. The number of allylic oxidation sites excluding steroid dienone is 1. The molecule has 0 bridgehead atoms. The van der Waals surface area contributed by atoms with Gasteiger partial charge in [-0.25, -0.2) is 0 Å². The second-order valence-corrected chi connectivity index (χ2v) is 6.12. The zero-order valence-corrected chi connectivity index (χ0v) is 14.6. The van der Waals surface area contributed by atoms with Crippen LogP contribution in [0.25, 0.3) is 11.1 Å². The molecule has 2 aromatic carbocycles. The Bertz CT molecular complexity index is 929. The molecule has 7 heteroatoms. The molecule has 0 aromatic heterocycles. The monoisotopic (exact) mass is 397 g/mol. The molecule has 2 aromatic rings. The molecule has 3 rings (SSSR count). The van der Waals surface area contributed by atoms with Gasteiger partial charge in [-0.2, -0.15) is 5.26 Å². The highest BCUT2D eigenvalue weighted by molar-refractivity contribution is 9.09. The van der Waals surface area contributed by atoms with Crippen LogP contribution in [0.5, 0.6) is 0 Å². The molecule has 124 valence electrons. The summed E-state index contributed by atoms with van der Waals surface area (Å²) in [4.78, 5) is 24.8. The molecule has 0 aliphatic carbocycles. The van der Waals surface area contributed by atoms with Crippen LogP contribution < -0.4 is 4.90 Å². The Labute approximate surface area is 152 Å². The number of carbonyl (C=O) groups excluding carboxylic acids is 1. The molecule has 0 radical (unpaired) electrons. The van der Waals surface area contributed by atoms with E-state index in [1.807, 2.05) is 18.2 Å². The van der Waals surface area contributed by atoms with Crippen molar-refractivity contribution in [1.82, 2.24) is 0 Å². The fourth-order valence-electron chi connectivity index (χ4n) is 2.84. The number of alkyl halides is 1. The summed E-state index contributed by atoms with van der Waals surface area (Å²) in [6.45, 7) is 0.484. The minimum Gasteiger partial charge on any atom is -0.307 e. The first-order chi connectivity index (χ1) is 12.1. The SMILES string of the molecule is N#C/C(=C1/C(=O)N(CCBr)c2ccccc21)c1ccc([N+](=O)[O-])cc1. The maximum atomic E-state index is 12.9. The number of para-hydroxylation sites is 1.